The molecule has 0 bridgehead atoms. The Hall–Kier alpha value is -3.21. The minimum Gasteiger partial charge on any atom is -0.348 e. The highest BCUT2D eigenvalue weighted by Crippen LogP contribution is 2.05. The Morgan fingerprint density at radius 3 is 2.70 bits per heavy atom. The normalized spacial score (nSPS) is 10.8. The molecule has 0 atom stereocenters. The minimum absolute atomic E-state index is 0.134. The second-order valence-electron chi connectivity index (χ2n) is 4.94. The molecule has 0 aliphatic rings. The van der Waals surface area contributed by atoms with Crippen molar-refractivity contribution < 1.29 is 4.79 Å². The van der Waals surface area contributed by atoms with Crippen LogP contribution in [-0.4, -0.2) is 20.7 Å². The molecule has 0 spiro atoms. The van der Waals surface area contributed by atoms with E-state index in [1.165, 1.54) is 6.08 Å². The van der Waals surface area contributed by atoms with E-state index in [2.05, 4.69) is 15.4 Å². The molecule has 1 amide bonds. The Morgan fingerprint density at radius 2 is 2.00 bits per heavy atom. The molecule has 0 saturated heterocycles. The summed E-state index contributed by atoms with van der Waals surface area (Å²) in [5.74, 6) is 0.610. The molecule has 114 valence electrons. The number of pyridine rings is 1. The zero-order chi connectivity index (χ0) is 15.9. The summed E-state index contributed by atoms with van der Waals surface area (Å²) >= 11 is 0. The van der Waals surface area contributed by atoms with E-state index in [-0.39, 0.29) is 5.91 Å². The molecule has 5 nitrogen and oxygen atoms in total. The number of rotatable bonds is 5. The number of hydrogen-bond acceptors (Lipinski definition) is 3. The van der Waals surface area contributed by atoms with Crippen molar-refractivity contribution in [3.05, 3.63) is 84.3 Å². The van der Waals surface area contributed by atoms with Gasteiger partial charge in [-0.3, -0.25) is 4.79 Å². The topological polar surface area (TPSA) is 59.8 Å². The van der Waals surface area contributed by atoms with Crippen LogP contribution in [0.1, 0.15) is 11.1 Å². The summed E-state index contributed by atoms with van der Waals surface area (Å²) < 4.78 is 1.69. The van der Waals surface area contributed by atoms with Gasteiger partial charge in [-0.1, -0.05) is 36.4 Å². The van der Waals surface area contributed by atoms with E-state index < -0.39 is 0 Å². The fraction of sp³-hybridized carbons (Fsp3) is 0.0556. The first-order valence-electron chi connectivity index (χ1n) is 7.27. The highest BCUT2D eigenvalue weighted by Gasteiger charge is 2.00. The van der Waals surface area contributed by atoms with E-state index in [0.29, 0.717) is 6.54 Å². The fourth-order valence-electron chi connectivity index (χ4n) is 2.05. The molecule has 0 aliphatic carbocycles. The Bertz CT molecular complexity index is 778. The third-order valence-electron chi connectivity index (χ3n) is 3.24. The summed E-state index contributed by atoms with van der Waals surface area (Å²) in [5, 5.41) is 6.95. The van der Waals surface area contributed by atoms with Crippen LogP contribution in [0.25, 0.3) is 11.9 Å². The molecule has 0 radical (unpaired) electrons. The van der Waals surface area contributed by atoms with Crippen molar-refractivity contribution in [2.24, 2.45) is 0 Å². The molecule has 3 rings (SSSR count). The molecule has 0 fully saturated rings. The highest BCUT2D eigenvalue weighted by molar-refractivity contribution is 5.91. The second-order valence-corrected chi connectivity index (χ2v) is 4.94. The quantitative estimate of drug-likeness (QED) is 0.737. The van der Waals surface area contributed by atoms with Crippen LogP contribution >= 0.6 is 0 Å². The lowest BCUT2D eigenvalue weighted by Crippen LogP contribution is -2.20. The van der Waals surface area contributed by atoms with Crippen molar-refractivity contribution in [2.75, 3.05) is 0 Å². The SMILES string of the molecule is O=C(/C=C/c1ccccc1)NCc1ccc(-n2cccn2)nc1. The summed E-state index contributed by atoms with van der Waals surface area (Å²) in [4.78, 5) is 16.1. The lowest BCUT2D eigenvalue weighted by Gasteiger charge is -2.04. The number of carbonyl (C=O) groups excluding carboxylic acids is 1. The Kier molecular flexibility index (Phi) is 4.59. The van der Waals surface area contributed by atoms with Gasteiger partial charge in [-0.25, -0.2) is 9.67 Å². The average Bonchev–Trinajstić information content (AvgIpc) is 3.14. The van der Waals surface area contributed by atoms with E-state index in [0.717, 1.165) is 16.9 Å². The predicted octanol–water partition coefficient (Wildman–Crippen LogP) is 2.60. The summed E-state index contributed by atoms with van der Waals surface area (Å²) in [7, 11) is 0. The van der Waals surface area contributed by atoms with Crippen LogP contribution < -0.4 is 5.32 Å². The van der Waals surface area contributed by atoms with Gasteiger partial charge in [-0.2, -0.15) is 5.10 Å². The number of hydrogen-bond donors (Lipinski definition) is 1. The zero-order valence-electron chi connectivity index (χ0n) is 12.5. The monoisotopic (exact) mass is 304 g/mol. The first kappa shape index (κ1) is 14.7. The molecule has 0 aliphatic heterocycles. The molecule has 0 saturated carbocycles. The Morgan fingerprint density at radius 1 is 1.13 bits per heavy atom. The van der Waals surface area contributed by atoms with Gasteiger partial charge in [0.05, 0.1) is 0 Å². The molecule has 0 unspecified atom stereocenters. The van der Waals surface area contributed by atoms with Gasteiger partial charge in [-0.15, -0.1) is 0 Å². The number of nitrogens with one attached hydrogen (secondary N) is 1. The number of benzene rings is 1. The van der Waals surface area contributed by atoms with Crippen LogP contribution in [0.3, 0.4) is 0 Å². The van der Waals surface area contributed by atoms with Gasteiger partial charge >= 0.3 is 0 Å². The average molecular weight is 304 g/mol. The lowest BCUT2D eigenvalue weighted by molar-refractivity contribution is -0.116. The summed E-state index contributed by atoms with van der Waals surface area (Å²) in [6.45, 7) is 0.435. The maximum Gasteiger partial charge on any atom is 0.244 e. The van der Waals surface area contributed by atoms with Crippen LogP contribution in [0.15, 0.2) is 73.2 Å². The summed E-state index contributed by atoms with van der Waals surface area (Å²) in [6, 6.07) is 15.3. The standard InChI is InChI=1S/C18H16N4O/c23-18(10-8-15-5-2-1-3-6-15)20-14-16-7-9-17(19-13-16)22-12-4-11-21-22/h1-13H,14H2,(H,20,23)/b10-8+. The van der Waals surface area contributed by atoms with Crippen LogP contribution in [-0.2, 0) is 11.3 Å². The molecule has 1 aromatic carbocycles. The van der Waals surface area contributed by atoms with Crippen molar-refractivity contribution in [2.45, 2.75) is 6.54 Å². The van der Waals surface area contributed by atoms with Crippen molar-refractivity contribution in [1.82, 2.24) is 20.1 Å². The third kappa shape index (κ3) is 4.14. The fourth-order valence-corrected chi connectivity index (χ4v) is 2.05. The molecular formula is C18H16N4O. The molecule has 5 heteroatoms. The molecule has 1 N–H and O–H groups in total. The van der Waals surface area contributed by atoms with Crippen LogP contribution in [0, 0.1) is 0 Å². The zero-order valence-corrected chi connectivity index (χ0v) is 12.5. The van der Waals surface area contributed by atoms with E-state index in [9.17, 15) is 4.79 Å². The third-order valence-corrected chi connectivity index (χ3v) is 3.24. The van der Waals surface area contributed by atoms with Crippen molar-refractivity contribution in [3.8, 4) is 5.82 Å². The number of carbonyl (C=O) groups is 1. The van der Waals surface area contributed by atoms with Gasteiger partial charge in [0.15, 0.2) is 5.82 Å². The first-order chi connectivity index (χ1) is 11.3. The molecule has 2 aromatic heterocycles. The van der Waals surface area contributed by atoms with Gasteiger partial charge in [0.1, 0.15) is 0 Å². The maximum absolute atomic E-state index is 11.8. The largest absolute Gasteiger partial charge is 0.348 e. The Balaban J connectivity index is 1.54. The predicted molar refractivity (Wildman–Crippen MR) is 88.7 cm³/mol. The van der Waals surface area contributed by atoms with E-state index >= 15 is 0 Å². The van der Waals surface area contributed by atoms with E-state index in [1.807, 2.05) is 54.7 Å². The molecule has 23 heavy (non-hydrogen) atoms. The second kappa shape index (κ2) is 7.17. The van der Waals surface area contributed by atoms with Crippen molar-refractivity contribution in [1.29, 1.82) is 0 Å². The smallest absolute Gasteiger partial charge is 0.244 e. The molecule has 2 heterocycles. The van der Waals surface area contributed by atoms with E-state index in [1.54, 1.807) is 23.2 Å². The number of nitrogens with zero attached hydrogens (tertiary/aromatic N) is 3. The van der Waals surface area contributed by atoms with Gasteiger partial charge in [-0.05, 0) is 29.3 Å². The lowest BCUT2D eigenvalue weighted by atomic mass is 10.2. The molecular weight excluding hydrogens is 288 g/mol. The first-order valence-corrected chi connectivity index (χ1v) is 7.27. The van der Waals surface area contributed by atoms with Crippen LogP contribution in [0.4, 0.5) is 0 Å². The van der Waals surface area contributed by atoms with Crippen molar-refractivity contribution >= 4 is 12.0 Å². The van der Waals surface area contributed by atoms with Crippen LogP contribution in [0.2, 0.25) is 0 Å². The van der Waals surface area contributed by atoms with Gasteiger partial charge in [0, 0.05) is 31.2 Å². The van der Waals surface area contributed by atoms with E-state index in [4.69, 9.17) is 0 Å². The highest BCUT2D eigenvalue weighted by atomic mass is 16.1. The number of aromatic nitrogens is 3. The van der Waals surface area contributed by atoms with Gasteiger partial charge < -0.3 is 5.32 Å². The Labute approximate surface area is 134 Å². The van der Waals surface area contributed by atoms with Crippen molar-refractivity contribution in [3.63, 3.8) is 0 Å². The molecule has 3 aromatic rings. The van der Waals surface area contributed by atoms with Gasteiger partial charge in [0.2, 0.25) is 5.91 Å². The van der Waals surface area contributed by atoms with Crippen LogP contribution in [0.5, 0.6) is 0 Å². The summed E-state index contributed by atoms with van der Waals surface area (Å²) in [6.07, 6.45) is 8.58. The summed E-state index contributed by atoms with van der Waals surface area (Å²) in [5.41, 5.74) is 1.93. The van der Waals surface area contributed by atoms with Gasteiger partial charge in [0.25, 0.3) is 0 Å². The number of amides is 1. The maximum atomic E-state index is 11.8. The minimum atomic E-state index is -0.134.